The second-order valence-electron chi connectivity index (χ2n) is 11.2. The van der Waals surface area contributed by atoms with Gasteiger partial charge < -0.3 is 15.2 Å². The van der Waals surface area contributed by atoms with Crippen LogP contribution in [0, 0.1) is 0 Å². The Morgan fingerprint density at radius 1 is 0.667 bits per heavy atom. The molecular formula is C36H44N4O2. The quantitative estimate of drug-likeness (QED) is 0.338. The van der Waals surface area contributed by atoms with Crippen LogP contribution in [-0.4, -0.2) is 38.4 Å². The number of allylic oxidation sites excluding steroid dienone is 7. The normalized spacial score (nSPS) is 19.8. The first-order valence-corrected chi connectivity index (χ1v) is 15.6. The van der Waals surface area contributed by atoms with Gasteiger partial charge in [0, 0.05) is 16.5 Å². The summed E-state index contributed by atoms with van der Waals surface area (Å²) in [5.41, 5.74) is 14.1. The van der Waals surface area contributed by atoms with E-state index < -0.39 is 6.10 Å². The molecule has 0 aliphatic carbocycles. The third-order valence-electron chi connectivity index (χ3n) is 8.77. The number of aromatic nitrogens is 1. The smallest absolute Gasteiger partial charge is 0.0988 e. The van der Waals surface area contributed by atoms with Crippen LogP contribution in [0.25, 0.3) is 17.9 Å². The summed E-state index contributed by atoms with van der Waals surface area (Å²) >= 11 is 0. The third kappa shape index (κ3) is 4.86. The van der Waals surface area contributed by atoms with E-state index in [1.807, 2.05) is 6.92 Å². The Morgan fingerprint density at radius 3 is 1.64 bits per heavy atom. The molecule has 1 aromatic heterocycles. The van der Waals surface area contributed by atoms with Gasteiger partial charge >= 0.3 is 0 Å². The van der Waals surface area contributed by atoms with E-state index in [-0.39, 0.29) is 0 Å². The highest BCUT2D eigenvalue weighted by Crippen LogP contribution is 2.37. The summed E-state index contributed by atoms with van der Waals surface area (Å²) in [5, 5.41) is 23.5. The van der Waals surface area contributed by atoms with Crippen LogP contribution in [0.5, 0.6) is 0 Å². The van der Waals surface area contributed by atoms with Crippen LogP contribution in [-0.2, 0) is 6.42 Å². The Kier molecular flexibility index (Phi) is 8.38. The first kappa shape index (κ1) is 29.7. The Hall–Kier alpha value is -3.77. The second kappa shape index (κ2) is 11.8. The number of hydrogen-bond donors (Lipinski definition) is 3. The zero-order chi connectivity index (χ0) is 30.3. The van der Waals surface area contributed by atoms with Gasteiger partial charge in [0.05, 0.1) is 51.4 Å². The monoisotopic (exact) mass is 564 g/mol. The molecule has 5 heterocycles. The van der Waals surface area contributed by atoms with E-state index >= 15 is 0 Å². The molecule has 0 saturated carbocycles. The molecule has 0 saturated heterocycles. The van der Waals surface area contributed by atoms with Gasteiger partial charge in [-0.15, -0.1) is 0 Å². The van der Waals surface area contributed by atoms with Crippen molar-refractivity contribution in [3.8, 4) is 0 Å². The van der Waals surface area contributed by atoms with Crippen molar-refractivity contribution in [3.63, 3.8) is 0 Å². The van der Waals surface area contributed by atoms with E-state index in [0.29, 0.717) is 5.76 Å². The van der Waals surface area contributed by atoms with Crippen molar-refractivity contribution in [2.24, 2.45) is 15.0 Å². The molecule has 0 spiro atoms. The van der Waals surface area contributed by atoms with Crippen molar-refractivity contribution in [1.29, 1.82) is 0 Å². The van der Waals surface area contributed by atoms with Gasteiger partial charge in [0.2, 0.25) is 0 Å². The van der Waals surface area contributed by atoms with Gasteiger partial charge in [0.25, 0.3) is 0 Å². The van der Waals surface area contributed by atoms with Crippen LogP contribution in [0.4, 0.5) is 0 Å². The van der Waals surface area contributed by atoms with E-state index in [9.17, 15) is 10.2 Å². The highest BCUT2D eigenvalue weighted by atomic mass is 16.3. The largest absolute Gasteiger partial charge is 0.512 e. The standard InChI is InChI=1S/C36H44N4O2/c1-9-21-23(11-3)29-17-33-36(20(8)42)26(14-6)32(40-33)16-28-22(10-2)24(12-4)30(38-28)18-34-35(19(7)41)25(13-5)31(39-34)15-27(21)37-29/h15-19,40-42H,9-14H2,1-8H3/b27-15?,28-16?,33-17?,34-18?,36-20+. The van der Waals surface area contributed by atoms with Crippen LogP contribution < -0.4 is 10.6 Å². The van der Waals surface area contributed by atoms with Gasteiger partial charge in [-0.2, -0.15) is 0 Å². The lowest BCUT2D eigenvalue weighted by molar-refractivity contribution is 0.233. The molecule has 4 aliphatic heterocycles. The number of aromatic amines is 1. The number of nitrogens with one attached hydrogen (secondary N) is 1. The summed E-state index contributed by atoms with van der Waals surface area (Å²) in [5.74, 6) is 0.292. The average Bonchev–Trinajstić information content (AvgIpc) is 3.68. The summed E-state index contributed by atoms with van der Waals surface area (Å²) in [6.45, 7) is 16.5. The maximum atomic E-state index is 11.0. The van der Waals surface area contributed by atoms with Gasteiger partial charge in [0.15, 0.2) is 0 Å². The summed E-state index contributed by atoms with van der Waals surface area (Å²) < 4.78 is 0. The van der Waals surface area contributed by atoms with Gasteiger partial charge in [-0.1, -0.05) is 41.5 Å². The zero-order valence-corrected chi connectivity index (χ0v) is 26.4. The molecule has 0 radical (unpaired) electrons. The summed E-state index contributed by atoms with van der Waals surface area (Å²) in [7, 11) is 0. The highest BCUT2D eigenvalue weighted by Gasteiger charge is 2.29. The zero-order valence-electron chi connectivity index (χ0n) is 26.4. The molecule has 42 heavy (non-hydrogen) atoms. The Bertz CT molecular complexity index is 1750. The lowest BCUT2D eigenvalue weighted by atomic mass is 9.94. The number of aliphatic hydroxyl groups is 2. The molecule has 5 rings (SSSR count). The van der Waals surface area contributed by atoms with E-state index in [1.54, 1.807) is 6.92 Å². The Labute approximate surface area is 249 Å². The van der Waals surface area contributed by atoms with Gasteiger partial charge in [0.1, 0.15) is 0 Å². The number of H-pyrrole nitrogens is 1. The number of aliphatic hydroxyl groups excluding tert-OH is 2. The molecule has 6 nitrogen and oxygen atoms in total. The molecule has 4 aliphatic rings. The van der Waals surface area contributed by atoms with Gasteiger partial charge in [-0.3, -0.25) is 0 Å². The molecule has 0 aromatic carbocycles. The number of rotatable bonds is 7. The third-order valence-corrected chi connectivity index (χ3v) is 8.77. The number of nitrogens with zero attached hydrogens (tertiary/aromatic N) is 3. The van der Waals surface area contributed by atoms with E-state index in [0.717, 1.165) is 106 Å². The number of fused-ring (bicyclic) bond motifs is 5. The fourth-order valence-corrected chi connectivity index (χ4v) is 6.95. The predicted molar refractivity (Wildman–Crippen MR) is 176 cm³/mol. The average molecular weight is 565 g/mol. The molecule has 3 N–H and O–H groups in total. The van der Waals surface area contributed by atoms with Gasteiger partial charge in [-0.25, -0.2) is 15.0 Å². The lowest BCUT2D eigenvalue weighted by Crippen LogP contribution is -2.28. The van der Waals surface area contributed by atoms with E-state index in [2.05, 4.69) is 70.8 Å². The molecule has 8 bridgehead atoms. The van der Waals surface area contributed by atoms with Gasteiger partial charge in [-0.05, 0) is 110 Å². The van der Waals surface area contributed by atoms with Crippen molar-refractivity contribution in [2.75, 3.05) is 0 Å². The highest BCUT2D eigenvalue weighted by molar-refractivity contribution is 6.24. The van der Waals surface area contributed by atoms with Crippen LogP contribution in [0.1, 0.15) is 98.8 Å². The second-order valence-corrected chi connectivity index (χ2v) is 11.2. The Morgan fingerprint density at radius 2 is 1.14 bits per heavy atom. The molecule has 6 heteroatoms. The number of aliphatic imine (C=N–C) groups is 3. The van der Waals surface area contributed by atoms with Crippen LogP contribution in [0.3, 0.4) is 0 Å². The fraction of sp³-hybridized carbons (Fsp3) is 0.417. The van der Waals surface area contributed by atoms with Crippen molar-refractivity contribution < 1.29 is 10.2 Å². The molecule has 0 amide bonds. The molecule has 0 fully saturated rings. The van der Waals surface area contributed by atoms with Crippen LogP contribution in [0.15, 0.2) is 77.7 Å². The lowest BCUT2D eigenvalue weighted by Gasteiger charge is -2.11. The van der Waals surface area contributed by atoms with E-state index in [4.69, 9.17) is 15.0 Å². The maximum Gasteiger partial charge on any atom is 0.0988 e. The van der Waals surface area contributed by atoms with E-state index in [1.165, 1.54) is 22.3 Å². The SMILES string of the molecule is CCC1=C(CC)C2=NC1=Cc1[nH]c(/c(=C(\C)O)c1CC)=CC1=NC(=CC3=NC(=C2)C(C(C)O)=C3CC)C(CC)=C1CC. The number of hydrogen-bond acceptors (Lipinski definition) is 5. The van der Waals surface area contributed by atoms with Crippen molar-refractivity contribution >= 4 is 35.0 Å². The topological polar surface area (TPSA) is 93.3 Å². The summed E-state index contributed by atoms with van der Waals surface area (Å²) in [6.07, 6.45) is 12.6. The van der Waals surface area contributed by atoms with Crippen molar-refractivity contribution in [3.05, 3.63) is 84.5 Å². The maximum absolute atomic E-state index is 11.0. The Balaban J connectivity index is 1.94. The summed E-state index contributed by atoms with van der Waals surface area (Å²) in [4.78, 5) is 19.1. The molecule has 220 valence electrons. The van der Waals surface area contributed by atoms with Crippen LogP contribution in [0.2, 0.25) is 0 Å². The fourth-order valence-electron chi connectivity index (χ4n) is 6.95. The molecule has 1 aromatic rings. The van der Waals surface area contributed by atoms with Crippen molar-refractivity contribution in [2.45, 2.75) is 100 Å². The van der Waals surface area contributed by atoms with Crippen molar-refractivity contribution in [1.82, 2.24) is 4.98 Å². The summed E-state index contributed by atoms with van der Waals surface area (Å²) in [6, 6.07) is 0. The molecule has 1 unspecified atom stereocenters. The van der Waals surface area contributed by atoms with Crippen LogP contribution >= 0.6 is 0 Å². The minimum Gasteiger partial charge on any atom is -0.512 e. The minimum absolute atomic E-state index is 0.292. The molecule has 1 atom stereocenters. The minimum atomic E-state index is -0.659. The first-order chi connectivity index (χ1) is 20.2. The first-order valence-electron chi connectivity index (χ1n) is 15.6. The predicted octanol–water partition coefficient (Wildman–Crippen LogP) is 6.85. The molecular weight excluding hydrogens is 520 g/mol.